The van der Waals surface area contributed by atoms with Crippen LogP contribution in [0.2, 0.25) is 0 Å². The van der Waals surface area contributed by atoms with Gasteiger partial charge >= 0.3 is 5.97 Å². The van der Waals surface area contributed by atoms with Gasteiger partial charge in [0.25, 0.3) is 0 Å². The van der Waals surface area contributed by atoms with Crippen molar-refractivity contribution in [2.75, 3.05) is 37.7 Å². The second-order valence-corrected chi connectivity index (χ2v) is 5.66. The molecular weight excluding hydrogens is 242 g/mol. The molecule has 0 aromatic carbocycles. The Balaban J connectivity index is 2.16. The minimum Gasteiger partial charge on any atom is -0.466 e. The lowest BCUT2D eigenvalue weighted by molar-refractivity contribution is -0.144. The predicted molar refractivity (Wildman–Crippen MR) is 65.2 cm³/mol. The summed E-state index contributed by atoms with van der Waals surface area (Å²) in [5.41, 5.74) is 0. The van der Waals surface area contributed by atoms with Crippen LogP contribution in [0.15, 0.2) is 0 Å². The van der Waals surface area contributed by atoms with Crippen molar-refractivity contribution in [3.05, 3.63) is 0 Å². The monoisotopic (exact) mass is 261 g/mol. The Morgan fingerprint density at radius 3 is 2.47 bits per heavy atom. The van der Waals surface area contributed by atoms with Crippen LogP contribution in [0.25, 0.3) is 0 Å². The summed E-state index contributed by atoms with van der Waals surface area (Å²) in [7, 11) is -0.717. The third kappa shape index (κ3) is 5.93. The van der Waals surface area contributed by atoms with Gasteiger partial charge in [0.1, 0.15) is 5.78 Å². The second kappa shape index (κ2) is 7.55. The SMILES string of the molecule is CCOC(=O)CCC(=O)CN1CCS(=O)CC1. The highest BCUT2D eigenvalue weighted by Gasteiger charge is 2.18. The van der Waals surface area contributed by atoms with Crippen molar-refractivity contribution in [1.29, 1.82) is 0 Å². The van der Waals surface area contributed by atoms with Crippen LogP contribution in [-0.4, -0.2) is 58.6 Å². The van der Waals surface area contributed by atoms with E-state index in [9.17, 15) is 13.8 Å². The van der Waals surface area contributed by atoms with Crippen molar-refractivity contribution in [3.8, 4) is 0 Å². The summed E-state index contributed by atoms with van der Waals surface area (Å²) in [5.74, 6) is 1.02. The van der Waals surface area contributed by atoms with E-state index in [4.69, 9.17) is 4.74 Å². The fourth-order valence-corrected chi connectivity index (χ4v) is 2.76. The van der Waals surface area contributed by atoms with Gasteiger partial charge < -0.3 is 4.74 Å². The summed E-state index contributed by atoms with van der Waals surface area (Å²) in [4.78, 5) is 24.6. The predicted octanol–water partition coefficient (Wildman–Crippen LogP) is -0.0369. The van der Waals surface area contributed by atoms with Crippen molar-refractivity contribution >= 4 is 22.6 Å². The Morgan fingerprint density at radius 1 is 1.24 bits per heavy atom. The summed E-state index contributed by atoms with van der Waals surface area (Å²) < 4.78 is 15.9. The second-order valence-electron chi connectivity index (χ2n) is 3.97. The first-order valence-electron chi connectivity index (χ1n) is 5.86. The molecule has 0 radical (unpaired) electrons. The highest BCUT2D eigenvalue weighted by atomic mass is 32.2. The maximum absolute atomic E-state index is 11.6. The average Bonchev–Trinajstić information content (AvgIpc) is 2.30. The van der Waals surface area contributed by atoms with E-state index in [0.29, 0.717) is 37.7 Å². The first kappa shape index (κ1) is 14.3. The molecule has 1 aliphatic rings. The van der Waals surface area contributed by atoms with Crippen LogP contribution in [0.4, 0.5) is 0 Å². The summed E-state index contributed by atoms with van der Waals surface area (Å²) >= 11 is 0. The number of esters is 1. The fourth-order valence-electron chi connectivity index (χ4n) is 1.64. The molecule has 1 saturated heterocycles. The number of rotatable bonds is 6. The Kier molecular flexibility index (Phi) is 6.36. The molecule has 1 heterocycles. The highest BCUT2D eigenvalue weighted by Crippen LogP contribution is 2.02. The maximum atomic E-state index is 11.6. The molecule has 0 aliphatic carbocycles. The first-order chi connectivity index (χ1) is 8.11. The third-order valence-electron chi connectivity index (χ3n) is 2.58. The lowest BCUT2D eigenvalue weighted by atomic mass is 10.2. The molecular formula is C11H19NO4S. The number of carbonyl (C=O) groups excluding carboxylic acids is 2. The van der Waals surface area contributed by atoms with Gasteiger partial charge in [0.15, 0.2) is 0 Å². The minimum absolute atomic E-state index is 0.0470. The van der Waals surface area contributed by atoms with Crippen molar-refractivity contribution in [2.45, 2.75) is 19.8 Å². The number of hydrogen-bond donors (Lipinski definition) is 0. The van der Waals surface area contributed by atoms with Crippen LogP contribution in [0.1, 0.15) is 19.8 Å². The summed E-state index contributed by atoms with van der Waals surface area (Å²) in [6.07, 6.45) is 0.394. The van der Waals surface area contributed by atoms with E-state index in [-0.39, 0.29) is 24.6 Å². The van der Waals surface area contributed by atoms with Gasteiger partial charge in [-0.3, -0.25) is 18.7 Å². The number of ether oxygens (including phenoxy) is 1. The molecule has 0 unspecified atom stereocenters. The molecule has 0 aromatic heterocycles. The van der Waals surface area contributed by atoms with Crippen molar-refractivity contribution in [2.24, 2.45) is 0 Å². The third-order valence-corrected chi connectivity index (χ3v) is 3.86. The topological polar surface area (TPSA) is 63.7 Å². The van der Waals surface area contributed by atoms with Crippen LogP contribution < -0.4 is 0 Å². The molecule has 0 saturated carbocycles. The molecule has 0 atom stereocenters. The van der Waals surface area contributed by atoms with Gasteiger partial charge in [-0.15, -0.1) is 0 Å². The van der Waals surface area contributed by atoms with Crippen LogP contribution >= 0.6 is 0 Å². The molecule has 6 heteroatoms. The Bertz CT molecular complexity index is 296. The van der Waals surface area contributed by atoms with Crippen molar-refractivity contribution in [3.63, 3.8) is 0 Å². The lowest BCUT2D eigenvalue weighted by Crippen LogP contribution is -2.40. The smallest absolute Gasteiger partial charge is 0.306 e. The van der Waals surface area contributed by atoms with Gasteiger partial charge in [0.05, 0.1) is 19.6 Å². The molecule has 17 heavy (non-hydrogen) atoms. The van der Waals surface area contributed by atoms with Crippen LogP contribution in [0, 0.1) is 0 Å². The maximum Gasteiger partial charge on any atom is 0.306 e. The molecule has 98 valence electrons. The zero-order valence-electron chi connectivity index (χ0n) is 10.1. The van der Waals surface area contributed by atoms with Gasteiger partial charge in [0, 0.05) is 41.8 Å². The lowest BCUT2D eigenvalue weighted by Gasteiger charge is -2.25. The standard InChI is InChI=1S/C11H19NO4S/c1-2-16-11(14)4-3-10(13)9-12-5-7-17(15)8-6-12/h2-9H2,1H3. The van der Waals surface area contributed by atoms with Crippen LogP contribution in [-0.2, 0) is 25.1 Å². The van der Waals surface area contributed by atoms with Crippen molar-refractivity contribution in [1.82, 2.24) is 4.90 Å². The fraction of sp³-hybridized carbons (Fsp3) is 0.818. The number of carbonyl (C=O) groups is 2. The Hall–Kier alpha value is -0.750. The number of hydrogen-bond acceptors (Lipinski definition) is 5. The zero-order chi connectivity index (χ0) is 12.7. The Labute approximate surface area is 104 Å². The number of ketones is 1. The Morgan fingerprint density at radius 2 is 1.88 bits per heavy atom. The molecule has 1 aliphatic heterocycles. The van der Waals surface area contributed by atoms with Gasteiger partial charge in [-0.1, -0.05) is 0 Å². The molecule has 0 aromatic rings. The van der Waals surface area contributed by atoms with Gasteiger partial charge in [-0.25, -0.2) is 0 Å². The minimum atomic E-state index is -0.717. The van der Waals surface area contributed by atoms with Gasteiger partial charge in [-0.05, 0) is 6.92 Å². The largest absolute Gasteiger partial charge is 0.466 e. The molecule has 1 fully saturated rings. The van der Waals surface area contributed by atoms with Crippen LogP contribution in [0.3, 0.4) is 0 Å². The molecule has 0 bridgehead atoms. The summed E-state index contributed by atoms with van der Waals surface area (Å²) in [6, 6.07) is 0. The van der Waals surface area contributed by atoms with Gasteiger partial charge in [-0.2, -0.15) is 0 Å². The normalized spacial score (nSPS) is 17.9. The van der Waals surface area contributed by atoms with Gasteiger partial charge in [0.2, 0.25) is 0 Å². The first-order valence-corrected chi connectivity index (χ1v) is 7.35. The zero-order valence-corrected chi connectivity index (χ0v) is 11.0. The average molecular weight is 261 g/mol. The van der Waals surface area contributed by atoms with E-state index in [0.717, 1.165) is 0 Å². The van der Waals surface area contributed by atoms with E-state index >= 15 is 0 Å². The van der Waals surface area contributed by atoms with E-state index < -0.39 is 10.8 Å². The van der Waals surface area contributed by atoms with Crippen molar-refractivity contribution < 1.29 is 18.5 Å². The number of Topliss-reactive ketones (excluding diaryl/α,β-unsaturated/α-hetero) is 1. The van der Waals surface area contributed by atoms with E-state index in [1.807, 2.05) is 4.90 Å². The quantitative estimate of drug-likeness (QED) is 0.628. The van der Waals surface area contributed by atoms with E-state index in [2.05, 4.69) is 0 Å². The molecule has 0 spiro atoms. The molecule has 5 nitrogen and oxygen atoms in total. The molecule has 0 amide bonds. The van der Waals surface area contributed by atoms with Crippen LogP contribution in [0.5, 0.6) is 0 Å². The molecule has 1 rings (SSSR count). The number of nitrogens with zero attached hydrogens (tertiary/aromatic N) is 1. The van der Waals surface area contributed by atoms with E-state index in [1.54, 1.807) is 6.92 Å². The molecule has 0 N–H and O–H groups in total. The summed E-state index contributed by atoms with van der Waals surface area (Å²) in [5, 5.41) is 0. The van der Waals surface area contributed by atoms with E-state index in [1.165, 1.54) is 0 Å². The highest BCUT2D eigenvalue weighted by molar-refractivity contribution is 7.85. The summed E-state index contributed by atoms with van der Waals surface area (Å²) in [6.45, 7) is 3.87.